The van der Waals surface area contributed by atoms with E-state index in [0.717, 1.165) is 22.0 Å². The number of nitrogen functional groups attached to an aromatic ring is 1. The number of benzene rings is 1. The van der Waals surface area contributed by atoms with Crippen molar-refractivity contribution >= 4 is 28.3 Å². The van der Waals surface area contributed by atoms with Crippen molar-refractivity contribution in [1.82, 2.24) is 9.97 Å². The van der Waals surface area contributed by atoms with Gasteiger partial charge in [-0.3, -0.25) is 4.98 Å². The lowest BCUT2D eigenvalue weighted by atomic mass is 10.1. The minimum atomic E-state index is 0.342. The standard InChI is InChI=1S/C14H10ClN3/c15-12-6-11(8-18-14(12)16)10-5-9-3-1-2-4-13(9)17-7-10/h1-8H,(H2,16,18). The van der Waals surface area contributed by atoms with E-state index < -0.39 is 0 Å². The van der Waals surface area contributed by atoms with Crippen molar-refractivity contribution in [1.29, 1.82) is 0 Å². The number of nitrogens with zero attached hydrogens (tertiary/aromatic N) is 2. The van der Waals surface area contributed by atoms with Crippen LogP contribution in [0, 0.1) is 0 Å². The maximum atomic E-state index is 5.97. The Hall–Kier alpha value is -2.13. The third-order valence-electron chi connectivity index (χ3n) is 2.79. The minimum Gasteiger partial charge on any atom is -0.382 e. The van der Waals surface area contributed by atoms with Crippen LogP contribution in [-0.4, -0.2) is 9.97 Å². The highest BCUT2D eigenvalue weighted by Crippen LogP contribution is 2.26. The summed E-state index contributed by atoms with van der Waals surface area (Å²) in [5, 5.41) is 1.55. The molecule has 0 unspecified atom stereocenters. The molecule has 0 spiro atoms. The highest BCUT2D eigenvalue weighted by atomic mass is 35.5. The number of nitrogens with two attached hydrogens (primary N) is 1. The molecule has 88 valence electrons. The second-order valence-corrected chi connectivity index (χ2v) is 4.41. The average molecular weight is 256 g/mol. The molecule has 3 rings (SSSR count). The SMILES string of the molecule is Nc1ncc(-c2cnc3ccccc3c2)cc1Cl. The lowest BCUT2D eigenvalue weighted by Gasteiger charge is -2.04. The van der Waals surface area contributed by atoms with Gasteiger partial charge in [0.05, 0.1) is 10.5 Å². The Balaban J connectivity index is 2.16. The predicted octanol–water partition coefficient (Wildman–Crippen LogP) is 3.53. The van der Waals surface area contributed by atoms with Crippen molar-refractivity contribution in [3.63, 3.8) is 0 Å². The Kier molecular flexibility index (Phi) is 2.61. The topological polar surface area (TPSA) is 51.8 Å². The fourth-order valence-corrected chi connectivity index (χ4v) is 2.00. The van der Waals surface area contributed by atoms with Crippen molar-refractivity contribution in [3.8, 4) is 11.1 Å². The van der Waals surface area contributed by atoms with Gasteiger partial charge in [0.15, 0.2) is 0 Å². The summed E-state index contributed by atoms with van der Waals surface area (Å²) in [6.45, 7) is 0. The van der Waals surface area contributed by atoms with Gasteiger partial charge in [-0.15, -0.1) is 0 Å². The average Bonchev–Trinajstić information content (AvgIpc) is 2.41. The molecule has 4 heteroatoms. The summed E-state index contributed by atoms with van der Waals surface area (Å²) < 4.78 is 0. The summed E-state index contributed by atoms with van der Waals surface area (Å²) in [4.78, 5) is 8.46. The summed E-state index contributed by atoms with van der Waals surface area (Å²) in [7, 11) is 0. The third-order valence-corrected chi connectivity index (χ3v) is 3.10. The summed E-state index contributed by atoms with van der Waals surface area (Å²) >= 11 is 5.97. The quantitative estimate of drug-likeness (QED) is 0.724. The van der Waals surface area contributed by atoms with Gasteiger partial charge in [0, 0.05) is 28.9 Å². The molecule has 0 bridgehead atoms. The van der Waals surface area contributed by atoms with Crippen LogP contribution in [0.5, 0.6) is 0 Å². The molecule has 0 fully saturated rings. The van der Waals surface area contributed by atoms with Crippen LogP contribution in [0.2, 0.25) is 5.02 Å². The summed E-state index contributed by atoms with van der Waals surface area (Å²) in [6.07, 6.45) is 3.51. The van der Waals surface area contributed by atoms with Gasteiger partial charge >= 0.3 is 0 Å². The monoisotopic (exact) mass is 255 g/mol. The van der Waals surface area contributed by atoms with Crippen molar-refractivity contribution in [2.24, 2.45) is 0 Å². The zero-order valence-electron chi connectivity index (χ0n) is 9.47. The molecule has 3 nitrogen and oxygen atoms in total. The van der Waals surface area contributed by atoms with E-state index in [9.17, 15) is 0 Å². The van der Waals surface area contributed by atoms with Crippen LogP contribution in [0.1, 0.15) is 0 Å². The van der Waals surface area contributed by atoms with Crippen LogP contribution in [-0.2, 0) is 0 Å². The number of rotatable bonds is 1. The minimum absolute atomic E-state index is 0.342. The first-order valence-corrected chi connectivity index (χ1v) is 5.88. The lowest BCUT2D eigenvalue weighted by Crippen LogP contribution is -1.91. The molecule has 3 aromatic rings. The van der Waals surface area contributed by atoms with Crippen LogP contribution in [0.15, 0.2) is 48.8 Å². The number of aromatic nitrogens is 2. The van der Waals surface area contributed by atoms with Crippen molar-refractivity contribution in [2.45, 2.75) is 0 Å². The zero-order valence-corrected chi connectivity index (χ0v) is 10.2. The second kappa shape index (κ2) is 4.27. The van der Waals surface area contributed by atoms with Crippen molar-refractivity contribution in [2.75, 3.05) is 5.73 Å². The van der Waals surface area contributed by atoms with Crippen LogP contribution < -0.4 is 5.73 Å². The number of para-hydroxylation sites is 1. The normalized spacial score (nSPS) is 10.7. The molecule has 0 saturated heterocycles. The maximum Gasteiger partial charge on any atom is 0.142 e. The van der Waals surface area contributed by atoms with Crippen molar-refractivity contribution < 1.29 is 0 Å². The van der Waals surface area contributed by atoms with Crippen LogP contribution in [0.25, 0.3) is 22.0 Å². The van der Waals surface area contributed by atoms with Gasteiger partial charge in [-0.1, -0.05) is 29.8 Å². The van der Waals surface area contributed by atoms with E-state index >= 15 is 0 Å². The van der Waals surface area contributed by atoms with Gasteiger partial charge in [-0.05, 0) is 18.2 Å². The first-order chi connectivity index (χ1) is 8.74. The highest BCUT2D eigenvalue weighted by Gasteiger charge is 2.04. The number of fused-ring (bicyclic) bond motifs is 1. The zero-order chi connectivity index (χ0) is 12.5. The summed E-state index contributed by atoms with van der Waals surface area (Å²) in [6, 6.07) is 11.8. The third kappa shape index (κ3) is 1.89. The van der Waals surface area contributed by atoms with Crippen LogP contribution >= 0.6 is 11.6 Å². The van der Waals surface area contributed by atoms with E-state index in [4.69, 9.17) is 17.3 Å². The maximum absolute atomic E-state index is 5.97. The molecule has 1 aromatic carbocycles. The molecule has 2 N–H and O–H groups in total. The van der Waals surface area contributed by atoms with Gasteiger partial charge in [-0.25, -0.2) is 4.98 Å². The Labute approximate surface area is 109 Å². The van der Waals surface area contributed by atoms with E-state index in [1.54, 1.807) is 12.3 Å². The molecule has 0 amide bonds. The Bertz CT molecular complexity index is 725. The molecule has 0 aliphatic heterocycles. The molecule has 0 atom stereocenters. The molecule has 0 aliphatic rings. The second-order valence-electron chi connectivity index (χ2n) is 4.01. The van der Waals surface area contributed by atoms with Crippen molar-refractivity contribution in [3.05, 3.63) is 53.8 Å². The van der Waals surface area contributed by atoms with Gasteiger partial charge in [-0.2, -0.15) is 0 Å². The van der Waals surface area contributed by atoms with Gasteiger partial charge < -0.3 is 5.73 Å². The molecule has 2 aromatic heterocycles. The fraction of sp³-hybridized carbons (Fsp3) is 0. The van der Waals surface area contributed by atoms with Crippen LogP contribution in [0.4, 0.5) is 5.82 Å². The van der Waals surface area contributed by atoms with Gasteiger partial charge in [0.2, 0.25) is 0 Å². The molecule has 2 heterocycles. The van der Waals surface area contributed by atoms with Gasteiger partial charge in [0.1, 0.15) is 5.82 Å². The summed E-state index contributed by atoms with van der Waals surface area (Å²) in [5.41, 5.74) is 8.45. The van der Waals surface area contributed by atoms with Gasteiger partial charge in [0.25, 0.3) is 0 Å². The Morgan fingerprint density at radius 3 is 2.50 bits per heavy atom. The number of halogens is 1. The first kappa shape index (κ1) is 11.0. The number of hydrogen-bond acceptors (Lipinski definition) is 3. The van der Waals surface area contributed by atoms with E-state index in [-0.39, 0.29) is 0 Å². The number of hydrogen-bond donors (Lipinski definition) is 1. The molecular weight excluding hydrogens is 246 g/mol. The Morgan fingerprint density at radius 2 is 1.67 bits per heavy atom. The van der Waals surface area contributed by atoms with E-state index in [1.807, 2.05) is 30.5 Å². The predicted molar refractivity (Wildman–Crippen MR) is 74.4 cm³/mol. The number of pyridine rings is 2. The molecule has 0 radical (unpaired) electrons. The smallest absolute Gasteiger partial charge is 0.142 e. The van der Waals surface area contributed by atoms with E-state index in [0.29, 0.717) is 10.8 Å². The molecular formula is C14H10ClN3. The highest BCUT2D eigenvalue weighted by molar-refractivity contribution is 6.33. The molecule has 0 saturated carbocycles. The van der Waals surface area contributed by atoms with E-state index in [2.05, 4.69) is 16.0 Å². The lowest BCUT2D eigenvalue weighted by molar-refractivity contribution is 1.33. The van der Waals surface area contributed by atoms with E-state index in [1.165, 1.54) is 0 Å². The molecule has 0 aliphatic carbocycles. The largest absolute Gasteiger partial charge is 0.382 e. The van der Waals surface area contributed by atoms with Crippen LogP contribution in [0.3, 0.4) is 0 Å². The fourth-order valence-electron chi connectivity index (χ4n) is 1.84. The number of anilines is 1. The Morgan fingerprint density at radius 1 is 0.944 bits per heavy atom. The molecule has 18 heavy (non-hydrogen) atoms. The first-order valence-electron chi connectivity index (χ1n) is 5.50. The summed E-state index contributed by atoms with van der Waals surface area (Å²) in [5.74, 6) is 0.342.